The average Bonchev–Trinajstić information content (AvgIpc) is 3.28. The molecule has 0 saturated carbocycles. The summed E-state index contributed by atoms with van der Waals surface area (Å²) in [6.45, 7) is 2.16. The van der Waals surface area contributed by atoms with Crippen LogP contribution in [0.3, 0.4) is 0 Å². The van der Waals surface area contributed by atoms with Crippen molar-refractivity contribution in [3.05, 3.63) is 35.2 Å². The standard InChI is InChI=1S/C15H16N6O3S/c1-9-11(6-16-20(9)2)12-8-25-15(18-12)19-14(24)10-5-17-21(7-10)4-3-13(22)23/h5-8H,3-4H2,1-2H3,(H,22,23)(H,18,19,24). The predicted octanol–water partition coefficient (Wildman–Crippen LogP) is 1.78. The summed E-state index contributed by atoms with van der Waals surface area (Å²) in [4.78, 5) is 27.2. The maximum atomic E-state index is 12.3. The zero-order valence-electron chi connectivity index (χ0n) is 13.6. The number of thiazole rings is 1. The number of aliphatic carboxylic acids is 1. The number of carbonyl (C=O) groups is 2. The quantitative estimate of drug-likeness (QED) is 0.692. The molecular formula is C15H16N6O3S. The third kappa shape index (κ3) is 3.74. The Labute approximate surface area is 146 Å². The van der Waals surface area contributed by atoms with Crippen molar-refractivity contribution in [2.45, 2.75) is 19.9 Å². The van der Waals surface area contributed by atoms with Gasteiger partial charge in [0.25, 0.3) is 5.91 Å². The Morgan fingerprint density at radius 1 is 1.32 bits per heavy atom. The molecule has 0 fully saturated rings. The van der Waals surface area contributed by atoms with Gasteiger partial charge in [-0.15, -0.1) is 11.3 Å². The fraction of sp³-hybridized carbons (Fsp3) is 0.267. The molecule has 10 heteroatoms. The van der Waals surface area contributed by atoms with E-state index in [4.69, 9.17) is 5.11 Å². The van der Waals surface area contributed by atoms with Crippen molar-refractivity contribution in [1.29, 1.82) is 0 Å². The SMILES string of the molecule is Cc1c(-c2csc(NC(=O)c3cnn(CCC(=O)O)c3)n2)cnn1C. The molecule has 1 amide bonds. The van der Waals surface area contributed by atoms with E-state index in [0.717, 1.165) is 17.0 Å². The zero-order valence-corrected chi connectivity index (χ0v) is 14.4. The molecule has 0 unspecified atom stereocenters. The first-order valence-electron chi connectivity index (χ1n) is 7.44. The second-order valence-corrected chi connectivity index (χ2v) is 6.25. The molecule has 25 heavy (non-hydrogen) atoms. The second-order valence-electron chi connectivity index (χ2n) is 5.40. The topological polar surface area (TPSA) is 115 Å². The number of nitrogens with zero attached hydrogens (tertiary/aromatic N) is 5. The summed E-state index contributed by atoms with van der Waals surface area (Å²) in [5.41, 5.74) is 3.01. The number of aromatic nitrogens is 5. The number of rotatable bonds is 6. The van der Waals surface area contributed by atoms with Crippen molar-refractivity contribution < 1.29 is 14.7 Å². The Morgan fingerprint density at radius 3 is 2.80 bits per heavy atom. The Balaban J connectivity index is 1.67. The van der Waals surface area contributed by atoms with Crippen LogP contribution < -0.4 is 5.32 Å². The summed E-state index contributed by atoms with van der Waals surface area (Å²) in [7, 11) is 1.86. The van der Waals surface area contributed by atoms with Crippen LogP contribution in [0.25, 0.3) is 11.3 Å². The van der Waals surface area contributed by atoms with Gasteiger partial charge in [0, 0.05) is 29.9 Å². The largest absolute Gasteiger partial charge is 0.481 e. The van der Waals surface area contributed by atoms with E-state index < -0.39 is 5.97 Å². The van der Waals surface area contributed by atoms with Crippen LogP contribution in [0.4, 0.5) is 5.13 Å². The molecule has 0 aliphatic heterocycles. The van der Waals surface area contributed by atoms with Gasteiger partial charge >= 0.3 is 5.97 Å². The normalized spacial score (nSPS) is 10.8. The molecule has 0 saturated heterocycles. The highest BCUT2D eigenvalue weighted by Gasteiger charge is 2.14. The molecule has 0 aliphatic rings. The van der Waals surface area contributed by atoms with Gasteiger partial charge in [0.2, 0.25) is 0 Å². The fourth-order valence-electron chi connectivity index (χ4n) is 2.19. The molecule has 3 heterocycles. The summed E-state index contributed by atoms with van der Waals surface area (Å²) in [5, 5.41) is 21.9. The van der Waals surface area contributed by atoms with Crippen molar-refractivity contribution in [1.82, 2.24) is 24.5 Å². The highest BCUT2D eigenvalue weighted by Crippen LogP contribution is 2.27. The first kappa shape index (κ1) is 16.8. The lowest BCUT2D eigenvalue weighted by atomic mass is 10.2. The Morgan fingerprint density at radius 2 is 2.12 bits per heavy atom. The molecule has 2 N–H and O–H groups in total. The van der Waals surface area contributed by atoms with Crippen LogP contribution in [0.1, 0.15) is 22.5 Å². The van der Waals surface area contributed by atoms with Crippen molar-refractivity contribution in [2.24, 2.45) is 7.05 Å². The van der Waals surface area contributed by atoms with Crippen molar-refractivity contribution in [3.8, 4) is 11.3 Å². The van der Waals surface area contributed by atoms with Gasteiger partial charge in [-0.3, -0.25) is 24.3 Å². The summed E-state index contributed by atoms with van der Waals surface area (Å²) in [6.07, 6.45) is 4.60. The zero-order chi connectivity index (χ0) is 18.0. The molecule has 0 atom stereocenters. The number of nitrogens with one attached hydrogen (secondary N) is 1. The molecule has 0 bridgehead atoms. The van der Waals surface area contributed by atoms with Crippen molar-refractivity contribution in [3.63, 3.8) is 0 Å². The van der Waals surface area contributed by atoms with E-state index in [9.17, 15) is 9.59 Å². The first-order valence-corrected chi connectivity index (χ1v) is 8.32. The van der Waals surface area contributed by atoms with E-state index in [-0.39, 0.29) is 18.9 Å². The maximum absolute atomic E-state index is 12.3. The van der Waals surface area contributed by atoms with Gasteiger partial charge in [-0.2, -0.15) is 10.2 Å². The Hall–Kier alpha value is -3.01. The molecular weight excluding hydrogens is 344 g/mol. The van der Waals surface area contributed by atoms with Gasteiger partial charge in [0.1, 0.15) is 0 Å². The van der Waals surface area contributed by atoms with Gasteiger partial charge in [0.15, 0.2) is 5.13 Å². The third-order valence-electron chi connectivity index (χ3n) is 3.69. The van der Waals surface area contributed by atoms with Crippen LogP contribution in [0.15, 0.2) is 24.0 Å². The number of carboxylic acid groups (broad SMARTS) is 1. The van der Waals surface area contributed by atoms with Crippen molar-refractivity contribution >= 4 is 28.3 Å². The van der Waals surface area contributed by atoms with Crippen molar-refractivity contribution in [2.75, 3.05) is 5.32 Å². The number of hydrogen-bond acceptors (Lipinski definition) is 6. The summed E-state index contributed by atoms with van der Waals surface area (Å²) in [5.74, 6) is -1.26. The van der Waals surface area contributed by atoms with Crippen LogP contribution in [0.2, 0.25) is 0 Å². The second kappa shape index (κ2) is 6.85. The van der Waals surface area contributed by atoms with Crippen LogP contribution >= 0.6 is 11.3 Å². The van der Waals surface area contributed by atoms with Crippen LogP contribution in [-0.2, 0) is 18.4 Å². The number of carbonyl (C=O) groups excluding carboxylic acids is 1. The van der Waals surface area contributed by atoms with E-state index >= 15 is 0 Å². The van der Waals surface area contributed by atoms with Crippen LogP contribution in [0, 0.1) is 6.92 Å². The minimum absolute atomic E-state index is 0.0525. The monoisotopic (exact) mass is 360 g/mol. The third-order valence-corrected chi connectivity index (χ3v) is 4.44. The van der Waals surface area contributed by atoms with E-state index in [2.05, 4.69) is 20.5 Å². The molecule has 3 rings (SSSR count). The van der Waals surface area contributed by atoms with E-state index in [1.807, 2.05) is 19.4 Å². The fourth-order valence-corrected chi connectivity index (χ4v) is 2.89. The molecule has 0 spiro atoms. The van der Waals surface area contributed by atoms with Crippen LogP contribution in [0.5, 0.6) is 0 Å². The average molecular weight is 360 g/mol. The molecule has 0 aliphatic carbocycles. The summed E-state index contributed by atoms with van der Waals surface area (Å²) < 4.78 is 3.19. The van der Waals surface area contributed by atoms with Gasteiger partial charge in [-0.1, -0.05) is 0 Å². The molecule has 0 radical (unpaired) electrons. The van der Waals surface area contributed by atoms with Crippen LogP contribution in [-0.4, -0.2) is 41.5 Å². The highest BCUT2D eigenvalue weighted by molar-refractivity contribution is 7.14. The summed E-state index contributed by atoms with van der Waals surface area (Å²) in [6, 6.07) is 0. The number of anilines is 1. The highest BCUT2D eigenvalue weighted by atomic mass is 32.1. The Kier molecular flexibility index (Phi) is 4.61. The minimum atomic E-state index is -0.914. The number of carboxylic acids is 1. The lowest BCUT2D eigenvalue weighted by Crippen LogP contribution is -2.11. The molecule has 0 aromatic carbocycles. The summed E-state index contributed by atoms with van der Waals surface area (Å²) >= 11 is 1.32. The smallest absolute Gasteiger partial charge is 0.305 e. The molecule has 3 aromatic rings. The van der Waals surface area contributed by atoms with Gasteiger partial charge < -0.3 is 5.11 Å². The Bertz CT molecular complexity index is 925. The lowest BCUT2D eigenvalue weighted by molar-refractivity contribution is -0.137. The predicted molar refractivity (Wildman–Crippen MR) is 91.5 cm³/mol. The number of amides is 1. The first-order chi connectivity index (χ1) is 11.9. The van der Waals surface area contributed by atoms with E-state index in [1.54, 1.807) is 10.9 Å². The molecule has 130 valence electrons. The lowest BCUT2D eigenvalue weighted by Gasteiger charge is -1.99. The number of aryl methyl sites for hydroxylation is 2. The molecule has 9 nitrogen and oxygen atoms in total. The number of hydrogen-bond donors (Lipinski definition) is 2. The maximum Gasteiger partial charge on any atom is 0.305 e. The molecule has 3 aromatic heterocycles. The van der Waals surface area contributed by atoms with E-state index in [0.29, 0.717) is 10.7 Å². The minimum Gasteiger partial charge on any atom is -0.481 e. The van der Waals surface area contributed by atoms with Gasteiger partial charge in [-0.25, -0.2) is 4.98 Å². The van der Waals surface area contributed by atoms with E-state index in [1.165, 1.54) is 28.4 Å². The van der Waals surface area contributed by atoms with Gasteiger partial charge in [0.05, 0.1) is 36.6 Å². The van der Waals surface area contributed by atoms with Gasteiger partial charge in [-0.05, 0) is 6.92 Å².